The first-order chi connectivity index (χ1) is 22.4. The standard InChI is InChI=1S/C40H76N2O6/c1-11-13-15-22-26-47-41-36(3,4)28-32(29-37(41,5)6)40(35(45)46,25-21-19-17-18-20-24-34(43)44)33-30-38(7,8)42(39(9,10)31-33)48-27-23-16-14-12-2/h32-33H,11-31H2,1-10H3,(H,43,44)(H,45,46). The highest BCUT2D eigenvalue weighted by atomic mass is 16.7. The number of carbonyl (C=O) groups is 2. The first-order valence-corrected chi connectivity index (χ1v) is 19.7. The number of carboxylic acid groups (broad SMARTS) is 2. The molecule has 0 unspecified atom stereocenters. The Balaban J connectivity index is 2.41. The minimum Gasteiger partial charge on any atom is -0.481 e. The fourth-order valence-electron chi connectivity index (χ4n) is 9.75. The molecule has 0 radical (unpaired) electrons. The molecule has 0 amide bonds. The molecule has 0 spiro atoms. The fraction of sp³-hybridized carbons (Fsp3) is 0.950. The van der Waals surface area contributed by atoms with Gasteiger partial charge >= 0.3 is 11.9 Å². The summed E-state index contributed by atoms with van der Waals surface area (Å²) in [6.07, 6.45) is 17.4. The van der Waals surface area contributed by atoms with E-state index in [-0.39, 0.29) is 40.4 Å². The monoisotopic (exact) mass is 681 g/mol. The van der Waals surface area contributed by atoms with Crippen molar-refractivity contribution in [2.24, 2.45) is 17.3 Å². The molecule has 0 aromatic carbocycles. The zero-order valence-electron chi connectivity index (χ0n) is 32.9. The fourth-order valence-corrected chi connectivity index (χ4v) is 9.75. The van der Waals surface area contributed by atoms with Crippen molar-refractivity contribution in [1.29, 1.82) is 0 Å². The minimum absolute atomic E-state index is 0.00920. The Bertz CT molecular complexity index is 887. The highest BCUT2D eigenvalue weighted by Crippen LogP contribution is 2.58. The lowest BCUT2D eigenvalue weighted by Crippen LogP contribution is -2.67. The van der Waals surface area contributed by atoms with Crippen LogP contribution >= 0.6 is 0 Å². The average Bonchev–Trinajstić information content (AvgIpc) is 2.95. The van der Waals surface area contributed by atoms with Gasteiger partial charge in [0.25, 0.3) is 0 Å². The van der Waals surface area contributed by atoms with Crippen molar-refractivity contribution in [2.45, 2.75) is 213 Å². The predicted octanol–water partition coefficient (Wildman–Crippen LogP) is 10.4. The smallest absolute Gasteiger partial charge is 0.310 e. The van der Waals surface area contributed by atoms with Gasteiger partial charge < -0.3 is 10.2 Å². The third kappa shape index (κ3) is 11.7. The lowest BCUT2D eigenvalue weighted by Gasteiger charge is -2.61. The van der Waals surface area contributed by atoms with Crippen molar-refractivity contribution in [3.8, 4) is 0 Å². The van der Waals surface area contributed by atoms with E-state index in [1.165, 1.54) is 38.5 Å². The second-order valence-corrected chi connectivity index (χ2v) is 17.8. The highest BCUT2D eigenvalue weighted by Gasteiger charge is 2.61. The number of piperidine rings is 2. The number of aliphatic carboxylic acids is 2. The van der Waals surface area contributed by atoms with E-state index < -0.39 is 17.4 Å². The molecule has 0 bridgehead atoms. The maximum absolute atomic E-state index is 14.1. The molecule has 2 heterocycles. The molecule has 0 atom stereocenters. The van der Waals surface area contributed by atoms with Crippen molar-refractivity contribution >= 4 is 11.9 Å². The van der Waals surface area contributed by atoms with E-state index in [4.69, 9.17) is 14.8 Å². The zero-order chi connectivity index (χ0) is 36.2. The Kier molecular flexibility index (Phi) is 16.9. The van der Waals surface area contributed by atoms with E-state index in [2.05, 4.69) is 79.4 Å². The number of hydrogen-bond acceptors (Lipinski definition) is 6. The van der Waals surface area contributed by atoms with Crippen molar-refractivity contribution in [3.63, 3.8) is 0 Å². The van der Waals surface area contributed by atoms with Crippen molar-refractivity contribution < 1.29 is 29.5 Å². The van der Waals surface area contributed by atoms with Crippen LogP contribution < -0.4 is 0 Å². The number of carboxylic acids is 2. The molecule has 2 aliphatic rings. The van der Waals surface area contributed by atoms with Crippen LogP contribution in [0, 0.1) is 17.3 Å². The molecule has 48 heavy (non-hydrogen) atoms. The van der Waals surface area contributed by atoms with Crippen LogP contribution in [0.1, 0.15) is 191 Å². The highest BCUT2D eigenvalue weighted by molar-refractivity contribution is 5.76. The Morgan fingerprint density at radius 3 is 1.29 bits per heavy atom. The quantitative estimate of drug-likeness (QED) is 0.103. The third-order valence-corrected chi connectivity index (χ3v) is 11.5. The second-order valence-electron chi connectivity index (χ2n) is 17.8. The largest absolute Gasteiger partial charge is 0.481 e. The van der Waals surface area contributed by atoms with Crippen molar-refractivity contribution in [2.75, 3.05) is 13.2 Å². The SMILES string of the molecule is CCCCCCON1C(C)(C)CC(C(CCCCCCCC(=O)O)(C(=O)O)C2CC(C)(C)N(OCCCCCC)C(C)(C)C2)CC1(C)C. The molecule has 8 heteroatoms. The molecule has 2 aliphatic heterocycles. The van der Waals surface area contributed by atoms with Crippen LogP contribution in [-0.4, -0.2) is 67.6 Å². The molecular formula is C40H76N2O6. The van der Waals surface area contributed by atoms with Crippen molar-refractivity contribution in [3.05, 3.63) is 0 Å². The lowest BCUT2D eigenvalue weighted by atomic mass is 9.52. The lowest BCUT2D eigenvalue weighted by molar-refractivity contribution is -0.307. The first kappa shape index (κ1) is 42.9. The Labute approximate surface area is 295 Å². The van der Waals surface area contributed by atoms with Gasteiger partial charge in [-0.25, -0.2) is 0 Å². The minimum atomic E-state index is -0.884. The maximum atomic E-state index is 14.1. The van der Waals surface area contributed by atoms with E-state index in [1.54, 1.807) is 0 Å². The molecule has 2 rings (SSSR count). The summed E-state index contributed by atoms with van der Waals surface area (Å²) in [5, 5.41) is 25.0. The van der Waals surface area contributed by atoms with Crippen LogP contribution in [0.4, 0.5) is 0 Å². The van der Waals surface area contributed by atoms with E-state index in [0.29, 0.717) is 26.1 Å². The van der Waals surface area contributed by atoms with Gasteiger partial charge in [-0.2, -0.15) is 10.1 Å². The molecular weight excluding hydrogens is 604 g/mol. The van der Waals surface area contributed by atoms with Crippen LogP contribution in [0.2, 0.25) is 0 Å². The Hall–Kier alpha value is -1.22. The summed E-state index contributed by atoms with van der Waals surface area (Å²) in [4.78, 5) is 38.2. The number of rotatable bonds is 23. The first-order valence-electron chi connectivity index (χ1n) is 19.7. The molecule has 8 nitrogen and oxygen atoms in total. The van der Waals surface area contributed by atoms with E-state index in [9.17, 15) is 14.7 Å². The van der Waals surface area contributed by atoms with Gasteiger partial charge in [0.05, 0.1) is 18.6 Å². The topological polar surface area (TPSA) is 99.5 Å². The molecule has 0 aliphatic carbocycles. The van der Waals surface area contributed by atoms with E-state index >= 15 is 0 Å². The van der Waals surface area contributed by atoms with Crippen LogP contribution in [0.5, 0.6) is 0 Å². The second kappa shape index (κ2) is 18.9. The summed E-state index contributed by atoms with van der Waals surface area (Å²) in [7, 11) is 0. The van der Waals surface area contributed by atoms with Gasteiger partial charge in [0.2, 0.25) is 0 Å². The summed E-state index contributed by atoms with van der Waals surface area (Å²) in [5.74, 6) is -1.41. The summed E-state index contributed by atoms with van der Waals surface area (Å²) < 4.78 is 0. The number of hydroxylamine groups is 4. The molecule has 0 saturated carbocycles. The van der Waals surface area contributed by atoms with Gasteiger partial charge in [0, 0.05) is 28.6 Å². The summed E-state index contributed by atoms with van der Waals surface area (Å²) >= 11 is 0. The molecule has 2 fully saturated rings. The normalized spacial score (nSPS) is 21.8. The Morgan fingerprint density at radius 2 is 0.938 bits per heavy atom. The molecule has 2 saturated heterocycles. The molecule has 0 aromatic heterocycles. The van der Waals surface area contributed by atoms with Gasteiger partial charge in [0.1, 0.15) is 0 Å². The Morgan fingerprint density at radius 1 is 0.583 bits per heavy atom. The summed E-state index contributed by atoms with van der Waals surface area (Å²) in [6.45, 7) is 23.8. The van der Waals surface area contributed by atoms with Gasteiger partial charge in [-0.1, -0.05) is 78.1 Å². The number of nitrogens with zero attached hydrogens (tertiary/aromatic N) is 2. The van der Waals surface area contributed by atoms with E-state index in [1.807, 2.05) is 0 Å². The predicted molar refractivity (Wildman–Crippen MR) is 196 cm³/mol. The molecule has 282 valence electrons. The van der Waals surface area contributed by atoms with Crippen molar-refractivity contribution in [1.82, 2.24) is 10.1 Å². The number of hydrogen-bond donors (Lipinski definition) is 2. The van der Waals surface area contributed by atoms with Gasteiger partial charge in [-0.15, -0.1) is 0 Å². The van der Waals surface area contributed by atoms with Crippen LogP contribution in [0.25, 0.3) is 0 Å². The van der Waals surface area contributed by atoms with Gasteiger partial charge in [0.15, 0.2) is 0 Å². The summed E-state index contributed by atoms with van der Waals surface area (Å²) in [5.41, 5.74) is -2.15. The third-order valence-electron chi connectivity index (χ3n) is 11.5. The van der Waals surface area contributed by atoms with Crippen LogP contribution in [0.3, 0.4) is 0 Å². The van der Waals surface area contributed by atoms with E-state index in [0.717, 1.165) is 64.2 Å². The number of unbranched alkanes of at least 4 members (excludes halogenated alkanes) is 10. The van der Waals surface area contributed by atoms with Gasteiger partial charge in [-0.05, 0) is 119 Å². The average molecular weight is 681 g/mol. The molecule has 2 N–H and O–H groups in total. The maximum Gasteiger partial charge on any atom is 0.310 e. The van der Waals surface area contributed by atoms with Crippen LogP contribution in [0.15, 0.2) is 0 Å². The summed E-state index contributed by atoms with van der Waals surface area (Å²) in [6, 6.07) is 0. The molecule has 0 aromatic rings. The van der Waals surface area contributed by atoms with Crippen LogP contribution in [-0.2, 0) is 19.3 Å². The van der Waals surface area contributed by atoms with Gasteiger partial charge in [-0.3, -0.25) is 19.3 Å². The zero-order valence-corrected chi connectivity index (χ0v) is 32.9.